The van der Waals surface area contributed by atoms with Gasteiger partial charge in [-0.3, -0.25) is 0 Å². The third-order valence-electron chi connectivity index (χ3n) is 1.78. The average Bonchev–Trinajstić information content (AvgIpc) is 2.28. The molecule has 0 atom stereocenters. The first-order valence-electron chi connectivity index (χ1n) is 4.20. The van der Waals surface area contributed by atoms with Crippen LogP contribution in [0.25, 0.3) is 0 Å². The van der Waals surface area contributed by atoms with E-state index in [-0.39, 0.29) is 0 Å². The van der Waals surface area contributed by atoms with Crippen LogP contribution in [0.3, 0.4) is 0 Å². The van der Waals surface area contributed by atoms with Crippen molar-refractivity contribution in [3.05, 3.63) is 12.1 Å². The van der Waals surface area contributed by atoms with E-state index in [1.807, 2.05) is 0 Å². The van der Waals surface area contributed by atoms with Gasteiger partial charge in [-0.25, -0.2) is 0 Å². The molecule has 1 aromatic rings. The maximum Gasteiger partial charge on any atom is 0.191 e. The van der Waals surface area contributed by atoms with E-state index in [1.54, 1.807) is 11.3 Å². The predicted octanol–water partition coefficient (Wildman–Crippen LogP) is 3.05. The first-order chi connectivity index (χ1) is 5.71. The van der Waals surface area contributed by atoms with Gasteiger partial charge in [-0.1, -0.05) is 38.3 Å². The Morgan fingerprint density at radius 1 is 0.923 bits per heavy atom. The average molecular weight is 269 g/mol. The Bertz CT molecular complexity index is 267. The standard InChI is InChI=1S/C8H14Cl2SSi2/c1-12(2,9)7-5-6-8(11-7)13(3,4)10/h5-6H,1-4H3. The number of hydrogen-bond donors (Lipinski definition) is 0. The Morgan fingerprint density at radius 3 is 1.38 bits per heavy atom. The SMILES string of the molecule is C[Si](C)(Cl)c1ccc([Si](C)(C)Cl)s1. The minimum absolute atomic E-state index is 1.34. The van der Waals surface area contributed by atoms with E-state index in [9.17, 15) is 0 Å². The second kappa shape index (κ2) is 3.70. The second-order valence-electron chi connectivity index (χ2n) is 4.11. The highest BCUT2D eigenvalue weighted by atomic mass is 35.6. The molecule has 0 nitrogen and oxygen atoms in total. The summed E-state index contributed by atoms with van der Waals surface area (Å²) in [5.74, 6) is 0. The van der Waals surface area contributed by atoms with Crippen LogP contribution in [0.15, 0.2) is 12.1 Å². The molecule has 1 rings (SSSR count). The van der Waals surface area contributed by atoms with E-state index in [1.165, 1.54) is 9.00 Å². The fraction of sp³-hybridized carbons (Fsp3) is 0.500. The van der Waals surface area contributed by atoms with Crippen LogP contribution in [0.2, 0.25) is 26.2 Å². The summed E-state index contributed by atoms with van der Waals surface area (Å²) < 4.78 is 2.68. The zero-order valence-electron chi connectivity index (χ0n) is 8.32. The van der Waals surface area contributed by atoms with E-state index in [4.69, 9.17) is 22.2 Å². The summed E-state index contributed by atoms with van der Waals surface area (Å²) in [7, 11) is -3.27. The zero-order valence-corrected chi connectivity index (χ0v) is 12.6. The van der Waals surface area contributed by atoms with Crippen molar-refractivity contribution >= 4 is 57.3 Å². The molecule has 0 fully saturated rings. The fourth-order valence-corrected chi connectivity index (χ4v) is 6.43. The van der Waals surface area contributed by atoms with Crippen LogP contribution in [0.5, 0.6) is 0 Å². The van der Waals surface area contributed by atoms with Gasteiger partial charge in [0.05, 0.1) is 0 Å². The largest absolute Gasteiger partial charge is 0.191 e. The third kappa shape index (κ3) is 3.10. The highest BCUT2D eigenvalue weighted by Gasteiger charge is 2.27. The lowest BCUT2D eigenvalue weighted by Gasteiger charge is -2.11. The van der Waals surface area contributed by atoms with E-state index < -0.39 is 14.8 Å². The minimum atomic E-state index is -1.64. The molecule has 0 radical (unpaired) electrons. The van der Waals surface area contributed by atoms with E-state index >= 15 is 0 Å². The van der Waals surface area contributed by atoms with Gasteiger partial charge in [0, 0.05) is 9.00 Å². The number of halogens is 2. The van der Waals surface area contributed by atoms with Crippen molar-refractivity contribution in [3.8, 4) is 0 Å². The lowest BCUT2D eigenvalue weighted by molar-refractivity contribution is 1.92. The number of thiophene rings is 1. The van der Waals surface area contributed by atoms with Crippen molar-refractivity contribution in [3.63, 3.8) is 0 Å². The van der Waals surface area contributed by atoms with Crippen molar-refractivity contribution in [2.24, 2.45) is 0 Å². The summed E-state index contributed by atoms with van der Waals surface area (Å²) in [6.45, 7) is 8.58. The summed E-state index contributed by atoms with van der Waals surface area (Å²) in [5.41, 5.74) is 0. The van der Waals surface area contributed by atoms with Crippen molar-refractivity contribution < 1.29 is 0 Å². The highest BCUT2D eigenvalue weighted by molar-refractivity contribution is 7.47. The van der Waals surface area contributed by atoms with Crippen LogP contribution in [0.1, 0.15) is 0 Å². The van der Waals surface area contributed by atoms with E-state index in [2.05, 4.69) is 38.3 Å². The molecule has 0 aliphatic carbocycles. The van der Waals surface area contributed by atoms with Crippen molar-refractivity contribution in [2.75, 3.05) is 0 Å². The monoisotopic (exact) mass is 268 g/mol. The molecule has 13 heavy (non-hydrogen) atoms. The van der Waals surface area contributed by atoms with Gasteiger partial charge in [0.1, 0.15) is 0 Å². The summed E-state index contributed by atoms with van der Waals surface area (Å²) in [6.07, 6.45) is 0. The normalized spacial score (nSPS) is 13.4. The molecule has 1 aromatic heterocycles. The van der Waals surface area contributed by atoms with Crippen molar-refractivity contribution in [1.82, 2.24) is 0 Å². The first-order valence-corrected chi connectivity index (χ1v) is 13.0. The van der Waals surface area contributed by atoms with Gasteiger partial charge in [0.25, 0.3) is 0 Å². The van der Waals surface area contributed by atoms with E-state index in [0.717, 1.165) is 0 Å². The maximum absolute atomic E-state index is 6.34. The van der Waals surface area contributed by atoms with E-state index in [0.29, 0.717) is 0 Å². The smallest absolute Gasteiger partial charge is 0.161 e. The minimum Gasteiger partial charge on any atom is -0.161 e. The molecule has 0 aromatic carbocycles. The Balaban J connectivity index is 3.01. The van der Waals surface area contributed by atoms with Gasteiger partial charge in [-0.05, 0) is 0 Å². The topological polar surface area (TPSA) is 0 Å². The van der Waals surface area contributed by atoms with Crippen molar-refractivity contribution in [1.29, 1.82) is 0 Å². The molecule has 1 heterocycles. The molecule has 0 saturated carbocycles. The van der Waals surface area contributed by atoms with Crippen LogP contribution in [0, 0.1) is 0 Å². The first kappa shape index (κ1) is 11.8. The predicted molar refractivity (Wildman–Crippen MR) is 70.3 cm³/mol. The maximum atomic E-state index is 6.34. The molecule has 0 amide bonds. The van der Waals surface area contributed by atoms with Crippen LogP contribution >= 0.6 is 33.5 Å². The molecule has 0 aliphatic heterocycles. The second-order valence-corrected chi connectivity index (χ2v) is 18.6. The van der Waals surface area contributed by atoms with Crippen LogP contribution in [0.4, 0.5) is 0 Å². The van der Waals surface area contributed by atoms with Gasteiger partial charge in [-0.2, -0.15) is 33.5 Å². The van der Waals surface area contributed by atoms with Gasteiger partial charge < -0.3 is 0 Å². The lowest BCUT2D eigenvalue weighted by Crippen LogP contribution is -2.35. The summed E-state index contributed by atoms with van der Waals surface area (Å²) in [4.78, 5) is 0. The molecular weight excluding hydrogens is 255 g/mol. The summed E-state index contributed by atoms with van der Waals surface area (Å²) in [6, 6.07) is 4.30. The molecule has 0 spiro atoms. The number of hydrogen-bond acceptors (Lipinski definition) is 1. The molecule has 0 unspecified atom stereocenters. The molecule has 0 aliphatic rings. The molecule has 0 N–H and O–H groups in total. The molecule has 5 heteroatoms. The molecule has 0 bridgehead atoms. The molecule has 74 valence electrons. The third-order valence-corrected chi connectivity index (χ3v) is 10.7. The zero-order chi connectivity index (χ0) is 10.3. The molecule has 0 saturated heterocycles. The van der Waals surface area contributed by atoms with Gasteiger partial charge >= 0.3 is 0 Å². The Kier molecular flexibility index (Phi) is 3.35. The summed E-state index contributed by atoms with van der Waals surface area (Å²) in [5, 5.41) is 0. The number of rotatable bonds is 2. The highest BCUT2D eigenvalue weighted by Crippen LogP contribution is 2.15. The fourth-order valence-electron chi connectivity index (χ4n) is 0.977. The van der Waals surface area contributed by atoms with Crippen LogP contribution in [-0.2, 0) is 0 Å². The molecular formula is C8H14Cl2SSi2. The van der Waals surface area contributed by atoms with Gasteiger partial charge in [-0.15, -0.1) is 0 Å². The Labute approximate surface area is 95.3 Å². The summed E-state index contributed by atoms with van der Waals surface area (Å²) >= 11 is 14.5. The van der Waals surface area contributed by atoms with Gasteiger partial charge in [0.15, 0.2) is 14.8 Å². The van der Waals surface area contributed by atoms with Gasteiger partial charge in [0.2, 0.25) is 0 Å². The van der Waals surface area contributed by atoms with Crippen LogP contribution in [-0.4, -0.2) is 14.8 Å². The van der Waals surface area contributed by atoms with Crippen molar-refractivity contribution in [2.45, 2.75) is 26.2 Å². The van der Waals surface area contributed by atoms with Crippen LogP contribution < -0.4 is 9.00 Å². The lowest BCUT2D eigenvalue weighted by atomic mass is 10.7. The Morgan fingerprint density at radius 2 is 1.23 bits per heavy atom. The Hall–Kier alpha value is 0.714. The quantitative estimate of drug-likeness (QED) is 0.572.